The van der Waals surface area contributed by atoms with Crippen LogP contribution < -0.4 is 4.74 Å². The third-order valence-electron chi connectivity index (χ3n) is 1.99. The molecule has 0 aliphatic rings. The van der Waals surface area contributed by atoms with Gasteiger partial charge in [0, 0.05) is 0 Å². The van der Waals surface area contributed by atoms with Crippen LogP contribution in [-0.4, -0.2) is 17.7 Å². The van der Waals surface area contributed by atoms with E-state index in [2.05, 4.69) is 0 Å². The highest BCUT2D eigenvalue weighted by molar-refractivity contribution is 5.88. The smallest absolute Gasteiger partial charge is 0.335 e. The highest BCUT2D eigenvalue weighted by atomic mass is 16.5. The molecule has 80 valence electrons. The molecule has 0 aromatic heterocycles. The summed E-state index contributed by atoms with van der Waals surface area (Å²) >= 11 is 0. The van der Waals surface area contributed by atoms with Crippen LogP contribution in [0.5, 0.6) is 5.75 Å². The molecule has 0 aliphatic heterocycles. The lowest BCUT2D eigenvalue weighted by atomic mass is 10.1. The fourth-order valence-electron chi connectivity index (χ4n) is 1.18. The normalized spacial score (nSPS) is 10.5. The minimum Gasteiger partial charge on any atom is -0.489 e. The largest absolute Gasteiger partial charge is 0.489 e. The molecule has 1 N–H and O–H groups in total. The van der Waals surface area contributed by atoms with E-state index in [0.29, 0.717) is 6.61 Å². The molecule has 3 nitrogen and oxygen atoms in total. The second-order valence-electron chi connectivity index (χ2n) is 3.17. The Morgan fingerprint density at radius 3 is 2.80 bits per heavy atom. The Balaban J connectivity index is 2.79. The maximum absolute atomic E-state index is 10.7. The molecule has 0 atom stereocenters. The fraction of sp³-hybridized carbons (Fsp3) is 0.250. The second kappa shape index (κ2) is 5.20. The summed E-state index contributed by atoms with van der Waals surface area (Å²) in [5.74, 6) is -0.198. The van der Waals surface area contributed by atoms with Gasteiger partial charge < -0.3 is 9.84 Å². The molecule has 15 heavy (non-hydrogen) atoms. The van der Waals surface area contributed by atoms with Crippen molar-refractivity contribution < 1.29 is 14.6 Å². The SMILES string of the molecule is C/C=C/COc1ccc(C(=O)O)cc1C. The molecule has 0 radical (unpaired) electrons. The van der Waals surface area contributed by atoms with Gasteiger partial charge in [-0.1, -0.05) is 12.2 Å². The molecule has 1 rings (SSSR count). The average molecular weight is 206 g/mol. The number of carbonyl (C=O) groups is 1. The number of allylic oxidation sites excluding steroid dienone is 1. The number of benzene rings is 1. The summed E-state index contributed by atoms with van der Waals surface area (Å²) in [4.78, 5) is 10.7. The molecule has 1 aromatic rings. The van der Waals surface area contributed by atoms with Crippen molar-refractivity contribution in [1.82, 2.24) is 0 Å². The van der Waals surface area contributed by atoms with E-state index in [4.69, 9.17) is 9.84 Å². The minimum absolute atomic E-state index is 0.283. The Bertz CT molecular complexity index is 380. The van der Waals surface area contributed by atoms with Crippen molar-refractivity contribution in [3.8, 4) is 5.75 Å². The first-order chi connectivity index (χ1) is 7.15. The predicted octanol–water partition coefficient (Wildman–Crippen LogP) is 2.65. The molecule has 1 aromatic carbocycles. The summed E-state index contributed by atoms with van der Waals surface area (Å²) in [6.45, 7) is 4.25. The number of ether oxygens (including phenoxy) is 1. The van der Waals surface area contributed by atoms with E-state index < -0.39 is 5.97 Å². The van der Waals surface area contributed by atoms with Gasteiger partial charge in [-0.15, -0.1) is 0 Å². The summed E-state index contributed by atoms with van der Waals surface area (Å²) in [6.07, 6.45) is 3.80. The van der Waals surface area contributed by atoms with Crippen LogP contribution in [0.15, 0.2) is 30.4 Å². The van der Waals surface area contributed by atoms with Crippen LogP contribution in [0.2, 0.25) is 0 Å². The lowest BCUT2D eigenvalue weighted by molar-refractivity contribution is 0.0696. The third kappa shape index (κ3) is 3.13. The van der Waals surface area contributed by atoms with Gasteiger partial charge in [-0.25, -0.2) is 4.79 Å². The van der Waals surface area contributed by atoms with Crippen molar-refractivity contribution >= 4 is 5.97 Å². The lowest BCUT2D eigenvalue weighted by Crippen LogP contribution is -1.99. The predicted molar refractivity (Wildman–Crippen MR) is 58.4 cm³/mol. The highest BCUT2D eigenvalue weighted by Crippen LogP contribution is 2.19. The molecule has 0 spiro atoms. The summed E-state index contributed by atoms with van der Waals surface area (Å²) in [5, 5.41) is 8.76. The first-order valence-corrected chi connectivity index (χ1v) is 4.73. The molecule has 0 amide bonds. The number of carboxylic acid groups (broad SMARTS) is 1. The summed E-state index contributed by atoms with van der Waals surface area (Å²) in [6, 6.07) is 4.83. The Labute approximate surface area is 89.0 Å². The number of aromatic carboxylic acids is 1. The minimum atomic E-state index is -0.918. The van der Waals surface area contributed by atoms with Crippen molar-refractivity contribution in [2.45, 2.75) is 13.8 Å². The maximum atomic E-state index is 10.7. The molecular weight excluding hydrogens is 192 g/mol. The number of hydrogen-bond donors (Lipinski definition) is 1. The highest BCUT2D eigenvalue weighted by Gasteiger charge is 2.05. The van der Waals surface area contributed by atoms with Gasteiger partial charge in [0.15, 0.2) is 0 Å². The van der Waals surface area contributed by atoms with E-state index in [1.807, 2.05) is 26.0 Å². The van der Waals surface area contributed by atoms with Crippen LogP contribution in [0.3, 0.4) is 0 Å². The van der Waals surface area contributed by atoms with E-state index in [-0.39, 0.29) is 5.56 Å². The molecule has 0 unspecified atom stereocenters. The van der Waals surface area contributed by atoms with Gasteiger partial charge in [-0.3, -0.25) is 0 Å². The monoisotopic (exact) mass is 206 g/mol. The van der Waals surface area contributed by atoms with Gasteiger partial charge >= 0.3 is 5.97 Å². The Hall–Kier alpha value is -1.77. The molecule has 0 saturated carbocycles. The second-order valence-corrected chi connectivity index (χ2v) is 3.17. The third-order valence-corrected chi connectivity index (χ3v) is 1.99. The number of hydrogen-bond acceptors (Lipinski definition) is 2. The first kappa shape index (κ1) is 11.3. The van der Waals surface area contributed by atoms with E-state index in [9.17, 15) is 4.79 Å². The van der Waals surface area contributed by atoms with Gasteiger partial charge in [-0.05, 0) is 37.6 Å². The Morgan fingerprint density at radius 2 is 2.27 bits per heavy atom. The number of carboxylic acids is 1. The van der Waals surface area contributed by atoms with Crippen molar-refractivity contribution in [2.75, 3.05) is 6.61 Å². The van der Waals surface area contributed by atoms with Crippen LogP contribution >= 0.6 is 0 Å². The summed E-state index contributed by atoms with van der Waals surface area (Å²) in [5.41, 5.74) is 1.12. The molecular formula is C12H14O3. The van der Waals surface area contributed by atoms with E-state index >= 15 is 0 Å². The van der Waals surface area contributed by atoms with Gasteiger partial charge in [0.25, 0.3) is 0 Å². The summed E-state index contributed by atoms with van der Waals surface area (Å²) in [7, 11) is 0. The van der Waals surface area contributed by atoms with Crippen LogP contribution in [0.4, 0.5) is 0 Å². The fourth-order valence-corrected chi connectivity index (χ4v) is 1.18. The first-order valence-electron chi connectivity index (χ1n) is 4.73. The average Bonchev–Trinajstić information content (AvgIpc) is 2.20. The van der Waals surface area contributed by atoms with Gasteiger partial charge in [0.05, 0.1) is 5.56 Å². The zero-order valence-corrected chi connectivity index (χ0v) is 8.86. The molecule has 0 aliphatic carbocycles. The van der Waals surface area contributed by atoms with Crippen LogP contribution in [0, 0.1) is 6.92 Å². The van der Waals surface area contributed by atoms with E-state index in [0.717, 1.165) is 11.3 Å². The Kier molecular flexibility index (Phi) is 3.92. The molecule has 0 heterocycles. The zero-order chi connectivity index (χ0) is 11.3. The molecule has 0 saturated heterocycles. The summed E-state index contributed by atoms with van der Waals surface area (Å²) < 4.78 is 5.43. The Morgan fingerprint density at radius 1 is 1.53 bits per heavy atom. The molecule has 0 bridgehead atoms. The van der Waals surface area contributed by atoms with Crippen LogP contribution in [0.25, 0.3) is 0 Å². The topological polar surface area (TPSA) is 46.5 Å². The van der Waals surface area contributed by atoms with Crippen molar-refractivity contribution in [3.63, 3.8) is 0 Å². The van der Waals surface area contributed by atoms with Crippen molar-refractivity contribution in [3.05, 3.63) is 41.5 Å². The van der Waals surface area contributed by atoms with Gasteiger partial charge in [0.2, 0.25) is 0 Å². The van der Waals surface area contributed by atoms with E-state index in [1.165, 1.54) is 0 Å². The van der Waals surface area contributed by atoms with Gasteiger partial charge in [0.1, 0.15) is 12.4 Å². The standard InChI is InChI=1S/C12H14O3/c1-3-4-7-15-11-6-5-10(12(13)14)8-9(11)2/h3-6,8H,7H2,1-2H3,(H,13,14)/b4-3+. The van der Waals surface area contributed by atoms with E-state index in [1.54, 1.807) is 18.2 Å². The number of rotatable bonds is 4. The number of aryl methyl sites for hydroxylation is 1. The molecule has 0 fully saturated rings. The van der Waals surface area contributed by atoms with Crippen LogP contribution in [0.1, 0.15) is 22.8 Å². The maximum Gasteiger partial charge on any atom is 0.335 e. The van der Waals surface area contributed by atoms with Crippen molar-refractivity contribution in [1.29, 1.82) is 0 Å². The van der Waals surface area contributed by atoms with Crippen molar-refractivity contribution in [2.24, 2.45) is 0 Å². The van der Waals surface area contributed by atoms with Crippen LogP contribution in [-0.2, 0) is 0 Å². The molecule has 3 heteroatoms. The lowest BCUT2D eigenvalue weighted by Gasteiger charge is -2.07. The zero-order valence-electron chi connectivity index (χ0n) is 8.86. The quantitative estimate of drug-likeness (QED) is 0.770. The van der Waals surface area contributed by atoms with Gasteiger partial charge in [-0.2, -0.15) is 0 Å².